The van der Waals surface area contributed by atoms with Gasteiger partial charge in [-0.3, -0.25) is 9.69 Å². The molecule has 1 saturated heterocycles. The maximum atomic E-state index is 13.6. The van der Waals surface area contributed by atoms with Crippen LogP contribution in [0.2, 0.25) is 0 Å². The molecular weight excluding hydrogens is 469 g/mol. The summed E-state index contributed by atoms with van der Waals surface area (Å²) in [5.41, 5.74) is 2.75. The summed E-state index contributed by atoms with van der Waals surface area (Å²) < 4.78 is 18.8. The third-order valence-corrected chi connectivity index (χ3v) is 8.05. The van der Waals surface area contributed by atoms with Gasteiger partial charge < -0.3 is 9.64 Å². The van der Waals surface area contributed by atoms with E-state index in [4.69, 9.17) is 9.73 Å². The van der Waals surface area contributed by atoms with Gasteiger partial charge in [-0.1, -0.05) is 42.1 Å². The lowest BCUT2D eigenvalue weighted by Crippen LogP contribution is -2.31. The molecule has 2 heterocycles. The summed E-state index contributed by atoms with van der Waals surface area (Å²) in [5.74, 6) is 0.377. The Morgan fingerprint density at radius 1 is 1.00 bits per heavy atom. The molecule has 0 atom stereocenters. The maximum Gasteiger partial charge on any atom is 0.269 e. The van der Waals surface area contributed by atoms with Gasteiger partial charge in [0, 0.05) is 24.6 Å². The third kappa shape index (κ3) is 4.43. The van der Waals surface area contributed by atoms with E-state index in [-0.39, 0.29) is 11.7 Å². The molecule has 34 heavy (non-hydrogen) atoms. The van der Waals surface area contributed by atoms with E-state index < -0.39 is 0 Å². The van der Waals surface area contributed by atoms with Gasteiger partial charge in [-0.05, 0) is 60.1 Å². The van der Waals surface area contributed by atoms with E-state index >= 15 is 0 Å². The van der Waals surface area contributed by atoms with Gasteiger partial charge in [0.15, 0.2) is 5.17 Å². The minimum Gasteiger partial charge on any atom is -0.497 e. The van der Waals surface area contributed by atoms with Crippen LogP contribution in [0.15, 0.2) is 92.6 Å². The summed E-state index contributed by atoms with van der Waals surface area (Å²) in [5, 5.41) is 1.46. The number of halogens is 1. The zero-order chi connectivity index (χ0) is 23.7. The summed E-state index contributed by atoms with van der Waals surface area (Å²) in [6.45, 7) is 0.502. The molecule has 3 aromatic carbocycles. The van der Waals surface area contributed by atoms with Crippen molar-refractivity contribution in [3.8, 4) is 5.75 Å². The van der Waals surface area contributed by atoms with Crippen LogP contribution >= 0.6 is 23.5 Å². The Morgan fingerprint density at radius 3 is 2.50 bits per heavy atom. The molecule has 0 radical (unpaired) electrons. The smallest absolute Gasteiger partial charge is 0.269 e. The number of nitrogens with zero attached hydrogens (tertiary/aromatic N) is 3. The van der Waals surface area contributed by atoms with Crippen molar-refractivity contribution in [2.24, 2.45) is 4.99 Å². The molecule has 0 aliphatic carbocycles. The van der Waals surface area contributed by atoms with Gasteiger partial charge in [0.2, 0.25) is 0 Å². The van der Waals surface area contributed by atoms with E-state index in [1.165, 1.54) is 23.9 Å². The van der Waals surface area contributed by atoms with Gasteiger partial charge in [0.25, 0.3) is 5.91 Å². The quantitative estimate of drug-likeness (QED) is 0.407. The molecule has 1 amide bonds. The van der Waals surface area contributed by atoms with E-state index in [2.05, 4.69) is 12.1 Å². The number of hydrogen-bond donors (Lipinski definition) is 0. The van der Waals surface area contributed by atoms with Gasteiger partial charge in [-0.15, -0.1) is 0 Å². The summed E-state index contributed by atoms with van der Waals surface area (Å²) in [6, 6.07) is 21.9. The fourth-order valence-electron chi connectivity index (χ4n) is 3.78. The number of amides is 1. The van der Waals surface area contributed by atoms with Crippen molar-refractivity contribution in [1.82, 2.24) is 4.90 Å². The molecule has 2 aliphatic heterocycles. The summed E-state index contributed by atoms with van der Waals surface area (Å²) >= 11 is 2.93. The van der Waals surface area contributed by atoms with Crippen molar-refractivity contribution in [2.45, 2.75) is 11.3 Å². The van der Waals surface area contributed by atoms with Crippen LogP contribution < -0.4 is 9.64 Å². The van der Waals surface area contributed by atoms with Crippen LogP contribution in [0.3, 0.4) is 0 Å². The highest BCUT2D eigenvalue weighted by Crippen LogP contribution is 2.51. The lowest BCUT2D eigenvalue weighted by molar-refractivity contribution is -0.122. The van der Waals surface area contributed by atoms with Gasteiger partial charge in [-0.25, -0.2) is 9.38 Å². The van der Waals surface area contributed by atoms with Crippen LogP contribution in [0, 0.1) is 5.82 Å². The Balaban J connectivity index is 1.49. The van der Waals surface area contributed by atoms with Crippen LogP contribution in [0.25, 0.3) is 0 Å². The van der Waals surface area contributed by atoms with E-state index in [9.17, 15) is 9.18 Å². The topological polar surface area (TPSA) is 45.1 Å². The molecule has 0 aromatic heterocycles. The summed E-state index contributed by atoms with van der Waals surface area (Å²) in [7, 11) is 3.60. The van der Waals surface area contributed by atoms with Crippen LogP contribution in [0.4, 0.5) is 15.8 Å². The minimum atomic E-state index is -0.319. The Morgan fingerprint density at radius 2 is 1.76 bits per heavy atom. The Kier molecular flexibility index (Phi) is 6.34. The first-order chi connectivity index (χ1) is 16.5. The van der Waals surface area contributed by atoms with Gasteiger partial charge in [-0.2, -0.15) is 0 Å². The molecule has 0 bridgehead atoms. The summed E-state index contributed by atoms with van der Waals surface area (Å²) in [6.07, 6.45) is 0.707. The van der Waals surface area contributed by atoms with Gasteiger partial charge in [0.05, 0.1) is 23.5 Å². The lowest BCUT2D eigenvalue weighted by Gasteiger charge is -2.17. The zero-order valence-corrected chi connectivity index (χ0v) is 20.3. The molecule has 5 nitrogen and oxygen atoms in total. The zero-order valence-electron chi connectivity index (χ0n) is 18.7. The average Bonchev–Trinajstić information content (AvgIpc) is 3.35. The first kappa shape index (κ1) is 22.6. The first-order valence-electron chi connectivity index (χ1n) is 10.8. The van der Waals surface area contributed by atoms with Crippen LogP contribution in [0.1, 0.15) is 5.56 Å². The summed E-state index contributed by atoms with van der Waals surface area (Å²) in [4.78, 5) is 23.8. The number of carbonyl (C=O) groups is 1. The molecule has 172 valence electrons. The number of benzene rings is 3. The lowest BCUT2D eigenvalue weighted by atomic mass is 10.1. The fraction of sp³-hybridized carbons (Fsp3) is 0.154. The van der Waals surface area contributed by atoms with E-state index in [1.54, 1.807) is 35.9 Å². The first-order valence-corrected chi connectivity index (χ1v) is 12.4. The number of fused-ring (bicyclic) bond motifs is 1. The molecule has 0 unspecified atom stereocenters. The number of ether oxygens (including phenoxy) is 1. The number of rotatable bonds is 5. The second-order valence-corrected chi connectivity index (χ2v) is 9.80. The number of methoxy groups -OCH3 is 1. The highest BCUT2D eigenvalue weighted by atomic mass is 32.2. The number of thioether (sulfide) groups is 2. The molecule has 3 aromatic rings. The van der Waals surface area contributed by atoms with Crippen LogP contribution in [0.5, 0.6) is 5.75 Å². The SMILES string of the molecule is COc1ccc2c(c1)N(C)/C(=C1/SC(=Nc3ccc(F)cc3)N(CCc3ccccc3)C1=O)S2. The Labute approximate surface area is 206 Å². The van der Waals surface area contributed by atoms with Crippen LogP contribution in [-0.4, -0.2) is 36.7 Å². The van der Waals surface area contributed by atoms with Gasteiger partial charge in [0.1, 0.15) is 16.5 Å². The molecule has 5 rings (SSSR count). The van der Waals surface area contributed by atoms with E-state index in [0.29, 0.717) is 28.7 Å². The average molecular weight is 492 g/mol. The molecule has 0 spiro atoms. The van der Waals surface area contributed by atoms with Crippen molar-refractivity contribution in [1.29, 1.82) is 0 Å². The van der Waals surface area contributed by atoms with Crippen LogP contribution in [-0.2, 0) is 11.2 Å². The largest absolute Gasteiger partial charge is 0.497 e. The second-order valence-electron chi connectivity index (χ2n) is 7.79. The second kappa shape index (κ2) is 9.56. The molecule has 1 fully saturated rings. The standard InChI is InChI=1S/C26H22FN3O2S2/c1-29-21-16-20(32-2)12-13-22(21)33-25(29)23-24(31)30(15-14-17-6-4-3-5-7-17)26(34-23)28-19-10-8-18(27)9-11-19/h3-13,16H,14-15H2,1-2H3/b25-23-,28-26?. The number of aliphatic imine (C=N–C) groups is 1. The predicted molar refractivity (Wildman–Crippen MR) is 137 cm³/mol. The van der Waals surface area contributed by atoms with E-state index in [1.807, 2.05) is 48.3 Å². The molecule has 0 N–H and O–H groups in total. The van der Waals surface area contributed by atoms with Crippen molar-refractivity contribution in [3.63, 3.8) is 0 Å². The number of amidine groups is 1. The highest BCUT2D eigenvalue weighted by Gasteiger charge is 2.39. The molecule has 0 saturated carbocycles. The van der Waals surface area contributed by atoms with Crippen molar-refractivity contribution < 1.29 is 13.9 Å². The maximum absolute atomic E-state index is 13.6. The van der Waals surface area contributed by atoms with E-state index in [0.717, 1.165) is 26.9 Å². The fourth-order valence-corrected chi connectivity index (χ4v) is 6.13. The van der Waals surface area contributed by atoms with Gasteiger partial charge >= 0.3 is 0 Å². The monoisotopic (exact) mass is 491 g/mol. The molecular formula is C26H22FN3O2S2. The minimum absolute atomic E-state index is 0.0732. The number of hydrogen-bond acceptors (Lipinski definition) is 6. The molecule has 8 heteroatoms. The predicted octanol–water partition coefficient (Wildman–Crippen LogP) is 6.05. The third-order valence-electron chi connectivity index (χ3n) is 5.61. The van der Waals surface area contributed by atoms with Crippen molar-refractivity contribution in [3.05, 3.63) is 94.1 Å². The number of anilines is 1. The number of carbonyl (C=O) groups excluding carboxylic acids is 1. The normalized spacial score (nSPS) is 18.7. The Hall–Kier alpha value is -3.23. The van der Waals surface area contributed by atoms with Crippen molar-refractivity contribution >= 4 is 46.0 Å². The Bertz CT molecular complexity index is 1290. The molecule has 2 aliphatic rings. The highest BCUT2D eigenvalue weighted by molar-refractivity contribution is 8.19. The van der Waals surface area contributed by atoms with Crippen molar-refractivity contribution in [2.75, 3.05) is 25.6 Å².